The first-order valence-corrected chi connectivity index (χ1v) is 24.4. The lowest BCUT2D eigenvalue weighted by molar-refractivity contribution is 0.0538. The number of nitrogens with zero attached hydrogens (tertiary/aromatic N) is 3. The molecule has 3 heterocycles. The lowest BCUT2D eigenvalue weighted by Gasteiger charge is -2.32. The fourth-order valence-electron chi connectivity index (χ4n) is 11.2. The van der Waals surface area contributed by atoms with Crippen LogP contribution < -0.4 is 0 Å². The summed E-state index contributed by atoms with van der Waals surface area (Å²) in [4.78, 5) is 80.9. The summed E-state index contributed by atoms with van der Waals surface area (Å²) in [7, 11) is 1.53. The first-order chi connectivity index (χ1) is 34.0. The van der Waals surface area contributed by atoms with Crippen molar-refractivity contribution in [2.24, 2.45) is 5.92 Å². The maximum atomic E-state index is 13.2. The molecular weight excluding hydrogens is 871 g/mol. The molecule has 346 valence electrons. The van der Waals surface area contributed by atoms with Crippen LogP contribution in [0, 0.1) is 5.92 Å². The molecule has 9 heteroatoms. The van der Waals surface area contributed by atoms with E-state index in [9.17, 15) is 28.8 Å². The minimum atomic E-state index is -0.219. The predicted molar refractivity (Wildman–Crippen MR) is 278 cm³/mol. The second-order valence-electron chi connectivity index (χ2n) is 19.1. The van der Waals surface area contributed by atoms with Crippen LogP contribution in [0.2, 0.25) is 0 Å². The number of unbranched alkanes of at least 4 members (excludes halogenated alkanes) is 1. The summed E-state index contributed by atoms with van der Waals surface area (Å²) in [6.45, 7) is 6.80. The van der Waals surface area contributed by atoms with Gasteiger partial charge in [-0.25, -0.2) is 0 Å². The highest BCUT2D eigenvalue weighted by atomic mass is 16.2. The van der Waals surface area contributed by atoms with Crippen LogP contribution in [0.1, 0.15) is 154 Å². The molecule has 0 fully saturated rings. The molecule has 0 bridgehead atoms. The van der Waals surface area contributed by atoms with E-state index in [2.05, 4.69) is 38.1 Å². The van der Waals surface area contributed by atoms with E-state index >= 15 is 0 Å². The Morgan fingerprint density at radius 3 is 1.17 bits per heavy atom. The maximum Gasteiger partial charge on any atom is 0.261 e. The number of rotatable bonds is 10. The highest BCUT2D eigenvalue weighted by Crippen LogP contribution is 2.42. The Kier molecular flexibility index (Phi) is 11.1. The minimum Gasteiger partial charge on any atom is -0.277 e. The zero-order valence-corrected chi connectivity index (χ0v) is 39.7. The number of aryl methyl sites for hydroxylation is 1. The van der Waals surface area contributed by atoms with E-state index in [0.29, 0.717) is 45.8 Å². The van der Waals surface area contributed by atoms with Crippen LogP contribution in [0.25, 0.3) is 68.8 Å². The largest absolute Gasteiger partial charge is 0.277 e. The Bertz CT molecular complexity index is 3380. The molecule has 0 saturated heterocycles. The molecule has 0 N–H and O–H groups in total. The number of carbonyl (C=O) groups excluding carboxylic acids is 6. The van der Waals surface area contributed by atoms with Crippen LogP contribution in [0.3, 0.4) is 0 Å². The van der Waals surface area contributed by atoms with E-state index < -0.39 is 0 Å². The van der Waals surface area contributed by atoms with E-state index in [4.69, 9.17) is 0 Å². The standard InChI is InChI=1S/C24H19NO2.C22H23NO2.C15H9NO2/c1-15(7-8-16-5-3-2-4-6-16)25-23(26)19-13-11-17-9-10-18-12-14-20(24(25)27)22(19)21(17)18;1-3-5-6-14(4-2)13-23-21(24)17-11-9-15-7-8-16-10-12-18(22(23)25)20(17)19(15)16;1-16-14(17)10-6-4-8-2-3-9-5-7-11(15(16)18)13(10)12(8)9/h2-6,9-15H,7-8H2,1H3;7-12,14H,3-6,13H2,1-2H3;2-7H,1H3. The Morgan fingerprint density at radius 2 is 0.800 bits per heavy atom. The molecule has 2 atom stereocenters. The van der Waals surface area contributed by atoms with Gasteiger partial charge in [-0.2, -0.15) is 0 Å². The number of carbonyl (C=O) groups is 6. The molecule has 0 aromatic heterocycles. The lowest BCUT2D eigenvalue weighted by Crippen LogP contribution is -2.46. The first-order valence-electron chi connectivity index (χ1n) is 24.4. The van der Waals surface area contributed by atoms with Gasteiger partial charge in [-0.1, -0.05) is 136 Å². The fourth-order valence-corrected chi connectivity index (χ4v) is 11.2. The zero-order chi connectivity index (χ0) is 48.5. The number of amides is 6. The highest BCUT2D eigenvalue weighted by Gasteiger charge is 2.38. The Hall–Kier alpha value is -8.04. The van der Waals surface area contributed by atoms with Crippen LogP contribution in [0.15, 0.2) is 103 Å². The summed E-state index contributed by atoms with van der Waals surface area (Å²) in [6.07, 6.45) is 18.1. The molecule has 3 aliphatic heterocycles. The van der Waals surface area contributed by atoms with Gasteiger partial charge in [0, 0.05) is 69.2 Å². The van der Waals surface area contributed by atoms with Gasteiger partial charge in [0.15, 0.2) is 0 Å². The minimum absolute atomic E-state index is 0.136. The predicted octanol–water partition coefficient (Wildman–Crippen LogP) is 12.6. The van der Waals surface area contributed by atoms with Crippen molar-refractivity contribution in [1.29, 1.82) is 0 Å². The van der Waals surface area contributed by atoms with Crippen molar-refractivity contribution in [2.45, 2.75) is 65.3 Å². The Labute approximate surface area is 406 Å². The molecule has 7 aromatic rings. The normalized spacial score (nSPS) is 15.9. The second-order valence-corrected chi connectivity index (χ2v) is 19.1. The van der Waals surface area contributed by atoms with Gasteiger partial charge in [-0.15, -0.1) is 0 Å². The first kappa shape index (κ1) is 44.5. The third kappa shape index (κ3) is 7.05. The van der Waals surface area contributed by atoms with Crippen molar-refractivity contribution in [1.82, 2.24) is 14.7 Å². The van der Waals surface area contributed by atoms with Crippen LogP contribution in [0.5, 0.6) is 0 Å². The summed E-state index contributed by atoms with van der Waals surface area (Å²) in [6, 6.07) is 33.0. The van der Waals surface area contributed by atoms with E-state index in [1.807, 2.05) is 122 Å². The quantitative estimate of drug-likeness (QED) is 0.126. The number of benzene rings is 7. The van der Waals surface area contributed by atoms with Crippen molar-refractivity contribution >= 4 is 104 Å². The van der Waals surface area contributed by atoms with E-state index in [1.54, 1.807) is 0 Å². The number of hydrogen-bond acceptors (Lipinski definition) is 6. The van der Waals surface area contributed by atoms with E-state index in [-0.39, 0.29) is 41.5 Å². The summed E-state index contributed by atoms with van der Waals surface area (Å²) in [5.74, 6) is -0.689. The molecule has 0 spiro atoms. The Balaban J connectivity index is 0.000000116. The van der Waals surface area contributed by atoms with E-state index in [1.165, 1.54) is 27.3 Å². The van der Waals surface area contributed by atoms with Crippen LogP contribution >= 0.6 is 0 Å². The van der Waals surface area contributed by atoms with Gasteiger partial charge in [-0.3, -0.25) is 43.5 Å². The number of imide groups is 3. The van der Waals surface area contributed by atoms with Crippen LogP contribution in [0.4, 0.5) is 0 Å². The molecule has 6 amide bonds. The van der Waals surface area contributed by atoms with Gasteiger partial charge >= 0.3 is 0 Å². The zero-order valence-electron chi connectivity index (χ0n) is 39.7. The van der Waals surface area contributed by atoms with Gasteiger partial charge < -0.3 is 0 Å². The van der Waals surface area contributed by atoms with Crippen molar-refractivity contribution in [3.63, 3.8) is 0 Å². The van der Waals surface area contributed by atoms with Crippen LogP contribution in [-0.4, -0.2) is 69.8 Å². The molecule has 13 rings (SSSR count). The number of hydrogen-bond donors (Lipinski definition) is 0. The third-order valence-electron chi connectivity index (χ3n) is 15.0. The topological polar surface area (TPSA) is 112 Å². The third-order valence-corrected chi connectivity index (χ3v) is 15.0. The highest BCUT2D eigenvalue weighted by molar-refractivity contribution is 6.30. The van der Waals surface area contributed by atoms with Crippen molar-refractivity contribution < 1.29 is 28.8 Å². The van der Waals surface area contributed by atoms with E-state index in [0.717, 1.165) is 104 Å². The Morgan fingerprint density at radius 1 is 0.429 bits per heavy atom. The molecule has 0 saturated carbocycles. The average Bonchev–Trinajstić information content (AvgIpc) is 4.14. The maximum absolute atomic E-state index is 13.2. The van der Waals surface area contributed by atoms with Gasteiger partial charge in [0.2, 0.25) is 0 Å². The SMILES string of the molecule is CC(CCc1ccccc1)N1C(=O)c2ccc3c4c(ccc(c24)C1=O)C=C3.CCCCC(CC)CN1C(=O)c2ccc3c4c(ccc(c24)C1=O)C=C3.CN1C(=O)c2ccc3c4c(ccc(c24)C1=O)C=C3. The molecule has 7 aromatic carbocycles. The van der Waals surface area contributed by atoms with Gasteiger partial charge in [0.1, 0.15) is 0 Å². The molecule has 70 heavy (non-hydrogen) atoms. The van der Waals surface area contributed by atoms with Crippen molar-refractivity contribution in [3.8, 4) is 0 Å². The lowest BCUT2D eigenvalue weighted by atomic mass is 9.89. The smallest absolute Gasteiger partial charge is 0.261 e. The summed E-state index contributed by atoms with van der Waals surface area (Å²) in [5.41, 5.74) is 11.6. The fraction of sp³-hybridized carbons (Fsp3) is 0.213. The summed E-state index contributed by atoms with van der Waals surface area (Å²) < 4.78 is 0. The van der Waals surface area contributed by atoms with Gasteiger partial charge in [0.05, 0.1) is 0 Å². The monoisotopic (exact) mass is 921 g/mol. The van der Waals surface area contributed by atoms with Gasteiger partial charge in [-0.05, 0) is 124 Å². The van der Waals surface area contributed by atoms with Gasteiger partial charge in [0.25, 0.3) is 35.4 Å². The molecular formula is C61H51N3O6. The average molecular weight is 922 g/mol. The molecule has 0 radical (unpaired) electrons. The van der Waals surface area contributed by atoms with Crippen LogP contribution in [-0.2, 0) is 6.42 Å². The van der Waals surface area contributed by atoms with Crippen molar-refractivity contribution in [2.75, 3.05) is 13.6 Å². The van der Waals surface area contributed by atoms with Crippen molar-refractivity contribution in [3.05, 3.63) is 175 Å². The summed E-state index contributed by atoms with van der Waals surface area (Å²) >= 11 is 0. The molecule has 2 unspecified atom stereocenters. The second kappa shape index (κ2) is 17.5. The molecule has 6 aliphatic rings. The summed E-state index contributed by atoms with van der Waals surface area (Å²) in [5, 5.41) is 5.57. The molecule has 9 nitrogen and oxygen atoms in total. The molecule has 3 aliphatic carbocycles.